The molecule has 0 spiro atoms. The van der Waals surface area contributed by atoms with E-state index in [4.69, 9.17) is 4.74 Å². The summed E-state index contributed by atoms with van der Waals surface area (Å²) in [6.07, 6.45) is 1.77. The van der Waals surface area contributed by atoms with E-state index in [1.165, 1.54) is 5.56 Å². The number of hydrogen-bond donors (Lipinski definition) is 2. The third kappa shape index (κ3) is 4.68. The van der Waals surface area contributed by atoms with E-state index >= 15 is 0 Å². The number of nitrogens with one attached hydrogen (secondary N) is 2. The van der Waals surface area contributed by atoms with Crippen molar-refractivity contribution in [3.63, 3.8) is 0 Å². The maximum Gasteiger partial charge on any atom is 0.252 e. The lowest BCUT2D eigenvalue weighted by Crippen LogP contribution is -2.35. The molecule has 1 aliphatic rings. The summed E-state index contributed by atoms with van der Waals surface area (Å²) in [4.78, 5) is 17.4. The van der Waals surface area contributed by atoms with Crippen LogP contribution in [0, 0.1) is 0 Å². The largest absolute Gasteiger partial charge is 0.381 e. The first kappa shape index (κ1) is 18.5. The second kappa shape index (κ2) is 8.87. The lowest BCUT2D eigenvalue weighted by molar-refractivity contribution is 0.0342. The lowest BCUT2D eigenvalue weighted by Gasteiger charge is -2.26. The van der Waals surface area contributed by atoms with Crippen molar-refractivity contribution in [2.75, 3.05) is 31.6 Å². The van der Waals surface area contributed by atoms with Crippen LogP contribution in [0.4, 0.5) is 5.69 Å². The van der Waals surface area contributed by atoms with Crippen LogP contribution >= 0.6 is 0 Å². The molecule has 5 nitrogen and oxygen atoms in total. The highest BCUT2D eigenvalue weighted by Crippen LogP contribution is 2.18. The number of hydrogen-bond acceptors (Lipinski definition) is 4. The Morgan fingerprint density at radius 1 is 0.964 bits per heavy atom. The molecule has 0 aliphatic carbocycles. The van der Waals surface area contributed by atoms with E-state index in [9.17, 15) is 4.79 Å². The zero-order valence-corrected chi connectivity index (χ0v) is 15.9. The second-order valence-electron chi connectivity index (χ2n) is 7.05. The van der Waals surface area contributed by atoms with Crippen molar-refractivity contribution >= 4 is 5.69 Å². The number of nitrogens with zero attached hydrogens (tertiary/aromatic N) is 1. The van der Waals surface area contributed by atoms with Crippen LogP contribution in [0.1, 0.15) is 11.1 Å². The minimum atomic E-state index is -0.0591. The van der Waals surface area contributed by atoms with Gasteiger partial charge >= 0.3 is 0 Å². The molecule has 0 radical (unpaired) electrons. The van der Waals surface area contributed by atoms with E-state index in [0.717, 1.165) is 55.2 Å². The number of benzene rings is 2. The Bertz CT molecular complexity index is 946. The summed E-state index contributed by atoms with van der Waals surface area (Å²) in [5.74, 6) is 0. The van der Waals surface area contributed by atoms with Crippen molar-refractivity contribution < 1.29 is 4.74 Å². The molecule has 1 aliphatic heterocycles. The number of H-pyrrole nitrogens is 1. The second-order valence-corrected chi connectivity index (χ2v) is 7.05. The monoisotopic (exact) mass is 375 g/mol. The number of anilines is 1. The predicted molar refractivity (Wildman–Crippen MR) is 112 cm³/mol. The molecule has 1 aromatic heterocycles. The van der Waals surface area contributed by atoms with E-state index in [1.807, 2.05) is 36.4 Å². The summed E-state index contributed by atoms with van der Waals surface area (Å²) in [6.45, 7) is 5.04. The van der Waals surface area contributed by atoms with E-state index in [0.29, 0.717) is 6.54 Å². The third-order valence-corrected chi connectivity index (χ3v) is 5.03. The number of morpholine rings is 1. The highest BCUT2D eigenvalue weighted by atomic mass is 16.5. The van der Waals surface area contributed by atoms with Crippen molar-refractivity contribution in [2.24, 2.45) is 0 Å². The fourth-order valence-corrected chi connectivity index (χ4v) is 3.40. The van der Waals surface area contributed by atoms with Gasteiger partial charge in [0.15, 0.2) is 0 Å². The Morgan fingerprint density at radius 2 is 1.71 bits per heavy atom. The molecule has 3 aromatic rings. The van der Waals surface area contributed by atoms with Gasteiger partial charge in [0, 0.05) is 43.6 Å². The van der Waals surface area contributed by atoms with Crippen molar-refractivity contribution in [2.45, 2.75) is 13.1 Å². The average molecular weight is 375 g/mol. The Hall–Kier alpha value is -2.89. The first-order chi connectivity index (χ1) is 13.8. The molecule has 2 N–H and O–H groups in total. The maximum atomic E-state index is 12.2. The van der Waals surface area contributed by atoms with Crippen LogP contribution in [0.25, 0.3) is 11.1 Å². The van der Waals surface area contributed by atoms with Gasteiger partial charge in [-0.15, -0.1) is 0 Å². The normalized spacial score (nSPS) is 14.7. The van der Waals surface area contributed by atoms with Crippen LogP contribution < -0.4 is 10.9 Å². The molecule has 144 valence electrons. The topological polar surface area (TPSA) is 57.4 Å². The van der Waals surface area contributed by atoms with Crippen LogP contribution in [0.5, 0.6) is 0 Å². The summed E-state index contributed by atoms with van der Waals surface area (Å²) in [7, 11) is 0. The van der Waals surface area contributed by atoms with Crippen LogP contribution in [0.3, 0.4) is 0 Å². The van der Waals surface area contributed by atoms with Crippen molar-refractivity contribution in [1.29, 1.82) is 0 Å². The van der Waals surface area contributed by atoms with Gasteiger partial charge in [-0.1, -0.05) is 42.5 Å². The molecule has 0 saturated carbocycles. The Balaban J connectivity index is 1.39. The number of rotatable bonds is 6. The lowest BCUT2D eigenvalue weighted by atomic mass is 10.1. The van der Waals surface area contributed by atoms with Crippen LogP contribution in [-0.2, 0) is 17.8 Å². The fourth-order valence-electron chi connectivity index (χ4n) is 3.40. The summed E-state index contributed by atoms with van der Waals surface area (Å²) >= 11 is 0. The number of ether oxygens (including phenoxy) is 1. The molecule has 2 aromatic carbocycles. The van der Waals surface area contributed by atoms with Crippen molar-refractivity contribution in [3.05, 3.63) is 88.3 Å². The highest BCUT2D eigenvalue weighted by molar-refractivity contribution is 5.63. The van der Waals surface area contributed by atoms with Gasteiger partial charge in [0.25, 0.3) is 5.56 Å². The third-order valence-electron chi connectivity index (χ3n) is 5.03. The molecule has 0 amide bonds. The molecule has 0 bridgehead atoms. The molecule has 28 heavy (non-hydrogen) atoms. The molecule has 0 unspecified atom stereocenters. The summed E-state index contributed by atoms with van der Waals surface area (Å²) in [5, 5.41) is 3.36. The van der Waals surface area contributed by atoms with Gasteiger partial charge in [-0.2, -0.15) is 0 Å². The Morgan fingerprint density at radius 3 is 2.46 bits per heavy atom. The zero-order valence-electron chi connectivity index (χ0n) is 15.9. The highest BCUT2D eigenvalue weighted by Gasteiger charge is 2.10. The number of pyridine rings is 1. The van der Waals surface area contributed by atoms with Crippen molar-refractivity contribution in [1.82, 2.24) is 9.88 Å². The van der Waals surface area contributed by atoms with Gasteiger partial charge in [-0.25, -0.2) is 0 Å². The minimum absolute atomic E-state index is 0.0591. The molecular formula is C23H25N3O2. The maximum absolute atomic E-state index is 12.2. The number of aromatic amines is 1. The van der Waals surface area contributed by atoms with Crippen LogP contribution in [-0.4, -0.2) is 36.2 Å². The minimum Gasteiger partial charge on any atom is -0.381 e. The van der Waals surface area contributed by atoms with Gasteiger partial charge in [-0.05, 0) is 34.9 Å². The first-order valence-electron chi connectivity index (χ1n) is 9.68. The summed E-state index contributed by atoms with van der Waals surface area (Å²) < 4.78 is 5.40. The van der Waals surface area contributed by atoms with E-state index in [-0.39, 0.29) is 5.56 Å². The van der Waals surface area contributed by atoms with Gasteiger partial charge in [0.2, 0.25) is 0 Å². The van der Waals surface area contributed by atoms with Gasteiger partial charge in [-0.3, -0.25) is 9.69 Å². The smallest absolute Gasteiger partial charge is 0.252 e. The van der Waals surface area contributed by atoms with E-state index in [1.54, 1.807) is 6.20 Å². The molecule has 5 heteroatoms. The quantitative estimate of drug-likeness (QED) is 0.693. The van der Waals surface area contributed by atoms with E-state index < -0.39 is 0 Å². The molecule has 4 rings (SSSR count). The first-order valence-corrected chi connectivity index (χ1v) is 9.68. The van der Waals surface area contributed by atoms with Gasteiger partial charge < -0.3 is 15.0 Å². The van der Waals surface area contributed by atoms with Crippen LogP contribution in [0.2, 0.25) is 0 Å². The molecule has 2 heterocycles. The zero-order chi connectivity index (χ0) is 19.2. The number of aromatic nitrogens is 1. The van der Waals surface area contributed by atoms with Crippen molar-refractivity contribution in [3.8, 4) is 11.1 Å². The fraction of sp³-hybridized carbons (Fsp3) is 0.261. The summed E-state index contributed by atoms with van der Waals surface area (Å²) in [5.41, 5.74) is 5.06. The Labute approximate surface area is 165 Å². The van der Waals surface area contributed by atoms with Gasteiger partial charge in [0.1, 0.15) is 0 Å². The Kier molecular flexibility index (Phi) is 5.85. The van der Waals surface area contributed by atoms with E-state index in [2.05, 4.69) is 39.5 Å². The standard InChI is InChI=1S/C23H25N3O2/c27-23-21(14-20(15-25-23)19-4-2-1-3-5-19)16-24-22-8-6-18(7-9-22)17-26-10-12-28-13-11-26/h1-9,14-15,24H,10-13,16-17H2,(H,25,27). The molecular weight excluding hydrogens is 350 g/mol. The summed E-state index contributed by atoms with van der Waals surface area (Å²) in [6, 6.07) is 20.4. The van der Waals surface area contributed by atoms with Gasteiger partial charge in [0.05, 0.1) is 13.2 Å². The molecule has 0 atom stereocenters. The molecule has 1 fully saturated rings. The predicted octanol–water partition coefficient (Wildman–Crippen LogP) is 3.49. The molecule has 1 saturated heterocycles. The SMILES string of the molecule is O=c1[nH]cc(-c2ccccc2)cc1CNc1ccc(CN2CCOCC2)cc1. The average Bonchev–Trinajstić information content (AvgIpc) is 2.75. The van der Waals surface area contributed by atoms with Crippen LogP contribution in [0.15, 0.2) is 71.7 Å².